The minimum Gasteiger partial charge on any atom is -0.380 e. The summed E-state index contributed by atoms with van der Waals surface area (Å²) in [6.07, 6.45) is 0. The lowest BCUT2D eigenvalue weighted by atomic mass is 10.2. The van der Waals surface area contributed by atoms with E-state index in [-0.39, 0.29) is 15.5 Å². The second kappa shape index (κ2) is 7.26. The summed E-state index contributed by atoms with van der Waals surface area (Å²) in [5, 5.41) is 0.169. The quantitative estimate of drug-likeness (QED) is 0.589. The fourth-order valence-electron chi connectivity index (χ4n) is 1.47. The van der Waals surface area contributed by atoms with Gasteiger partial charge in [0.15, 0.2) is 0 Å². The predicted octanol–water partition coefficient (Wildman–Crippen LogP) is 2.38. The molecule has 0 saturated heterocycles. The van der Waals surface area contributed by atoms with Crippen molar-refractivity contribution in [2.45, 2.75) is 11.8 Å². The van der Waals surface area contributed by atoms with Crippen molar-refractivity contribution in [3.63, 3.8) is 0 Å². The van der Waals surface area contributed by atoms with Crippen LogP contribution >= 0.6 is 22.3 Å². The number of ether oxygens (including phenoxy) is 1. The molecule has 0 saturated carbocycles. The van der Waals surface area contributed by atoms with E-state index < -0.39 is 15.0 Å². The minimum atomic E-state index is -3.90. The Morgan fingerprint density at radius 1 is 1.40 bits per heavy atom. The zero-order chi connectivity index (χ0) is 15.3. The van der Waals surface area contributed by atoms with E-state index in [0.717, 1.165) is 0 Å². The Hall–Kier alpha value is -0.820. The topological polar surface area (TPSA) is 63.7 Å². The van der Waals surface area contributed by atoms with Crippen LogP contribution in [0.2, 0.25) is 5.02 Å². The normalized spacial score (nSPS) is 11.4. The molecule has 1 aromatic carbocycles. The third-order valence-electron chi connectivity index (χ3n) is 2.57. The van der Waals surface area contributed by atoms with Crippen molar-refractivity contribution >= 4 is 37.2 Å². The summed E-state index contributed by atoms with van der Waals surface area (Å²) >= 11 is 5.93. The molecule has 0 heterocycles. The van der Waals surface area contributed by atoms with E-state index in [4.69, 9.17) is 27.0 Å². The summed E-state index contributed by atoms with van der Waals surface area (Å²) in [6.45, 7) is 3.18. The zero-order valence-electron chi connectivity index (χ0n) is 11.1. The summed E-state index contributed by atoms with van der Waals surface area (Å²) in [5.74, 6) is -0.392. The lowest BCUT2D eigenvalue weighted by Crippen LogP contribution is -2.30. The number of hydrogen-bond acceptors (Lipinski definition) is 4. The fraction of sp³-hybridized carbons (Fsp3) is 0.417. The van der Waals surface area contributed by atoms with E-state index in [1.807, 2.05) is 6.92 Å². The second-order valence-corrected chi connectivity index (χ2v) is 6.98. The van der Waals surface area contributed by atoms with Gasteiger partial charge in [-0.2, -0.15) is 0 Å². The number of hydrogen-bond donors (Lipinski definition) is 0. The fourth-order valence-corrected chi connectivity index (χ4v) is 2.45. The van der Waals surface area contributed by atoms with Gasteiger partial charge in [0.2, 0.25) is 0 Å². The summed E-state index contributed by atoms with van der Waals surface area (Å²) < 4.78 is 27.7. The highest BCUT2D eigenvalue weighted by Gasteiger charge is 2.19. The third-order valence-corrected chi connectivity index (χ3v) is 4.25. The Bertz CT molecular complexity index is 589. The van der Waals surface area contributed by atoms with Crippen molar-refractivity contribution in [1.29, 1.82) is 0 Å². The van der Waals surface area contributed by atoms with E-state index in [9.17, 15) is 13.2 Å². The van der Waals surface area contributed by atoms with Gasteiger partial charge in [0.25, 0.3) is 15.0 Å². The maximum Gasteiger partial charge on any atom is 0.261 e. The summed E-state index contributed by atoms with van der Waals surface area (Å²) in [7, 11) is 2.93. The average Bonchev–Trinajstić information content (AvgIpc) is 2.37. The molecular weight excluding hydrogens is 325 g/mol. The molecule has 0 atom stereocenters. The molecule has 0 aliphatic rings. The van der Waals surface area contributed by atoms with Crippen molar-refractivity contribution in [3.05, 3.63) is 28.8 Å². The summed E-state index contributed by atoms with van der Waals surface area (Å²) in [6, 6.07) is 3.76. The number of amides is 1. The average molecular weight is 340 g/mol. The minimum absolute atomic E-state index is 0.0902. The van der Waals surface area contributed by atoms with E-state index in [1.165, 1.54) is 23.1 Å². The first-order valence-electron chi connectivity index (χ1n) is 5.84. The van der Waals surface area contributed by atoms with Crippen molar-refractivity contribution in [3.8, 4) is 0 Å². The van der Waals surface area contributed by atoms with Crippen LogP contribution in [0.4, 0.5) is 0 Å². The number of halogens is 2. The number of likely N-dealkylation sites (N-methyl/N-ethyl adjacent to an activating group) is 1. The Kier molecular flexibility index (Phi) is 6.26. The largest absolute Gasteiger partial charge is 0.380 e. The molecule has 0 fully saturated rings. The van der Waals surface area contributed by atoms with Crippen LogP contribution in [0.3, 0.4) is 0 Å². The second-order valence-electron chi connectivity index (χ2n) is 4.00. The van der Waals surface area contributed by atoms with Crippen LogP contribution < -0.4 is 0 Å². The van der Waals surface area contributed by atoms with Crippen LogP contribution in [0.25, 0.3) is 0 Å². The van der Waals surface area contributed by atoms with E-state index in [1.54, 1.807) is 7.05 Å². The van der Waals surface area contributed by atoms with Gasteiger partial charge < -0.3 is 9.64 Å². The van der Waals surface area contributed by atoms with Gasteiger partial charge in [-0.25, -0.2) is 8.42 Å². The SMILES string of the molecule is CCOCCN(C)C(=O)c1cc(S(=O)(=O)Cl)ccc1Cl. The van der Waals surface area contributed by atoms with Gasteiger partial charge in [0.1, 0.15) is 0 Å². The van der Waals surface area contributed by atoms with Gasteiger partial charge in [-0.1, -0.05) is 11.6 Å². The van der Waals surface area contributed by atoms with Crippen LogP contribution in [0.5, 0.6) is 0 Å². The van der Waals surface area contributed by atoms with Crippen molar-refractivity contribution in [2.24, 2.45) is 0 Å². The molecule has 20 heavy (non-hydrogen) atoms. The molecule has 0 unspecified atom stereocenters. The van der Waals surface area contributed by atoms with Gasteiger partial charge in [-0.05, 0) is 25.1 Å². The van der Waals surface area contributed by atoms with E-state index in [0.29, 0.717) is 19.8 Å². The standard InChI is InChI=1S/C12H15Cl2NO4S/c1-3-19-7-6-15(2)12(16)10-8-9(20(14,17)18)4-5-11(10)13/h4-5,8H,3,6-7H2,1-2H3. The molecule has 0 spiro atoms. The van der Waals surface area contributed by atoms with Gasteiger partial charge >= 0.3 is 0 Å². The maximum atomic E-state index is 12.2. The highest BCUT2D eigenvalue weighted by atomic mass is 35.7. The zero-order valence-corrected chi connectivity index (χ0v) is 13.4. The monoisotopic (exact) mass is 339 g/mol. The number of carbonyl (C=O) groups excluding carboxylic acids is 1. The smallest absolute Gasteiger partial charge is 0.261 e. The highest BCUT2D eigenvalue weighted by molar-refractivity contribution is 8.13. The Balaban J connectivity index is 2.97. The van der Waals surface area contributed by atoms with Crippen molar-refractivity contribution in [1.82, 2.24) is 4.90 Å². The molecule has 0 aliphatic heterocycles. The number of nitrogens with zero attached hydrogens (tertiary/aromatic N) is 1. The van der Waals surface area contributed by atoms with Crippen LogP contribution in [0.15, 0.2) is 23.1 Å². The van der Waals surface area contributed by atoms with Crippen LogP contribution in [-0.4, -0.2) is 46.0 Å². The predicted molar refractivity (Wildman–Crippen MR) is 77.9 cm³/mol. The molecule has 1 amide bonds. The molecule has 0 aromatic heterocycles. The first-order valence-corrected chi connectivity index (χ1v) is 8.53. The van der Waals surface area contributed by atoms with Gasteiger partial charge in [-0.15, -0.1) is 0 Å². The Morgan fingerprint density at radius 2 is 2.05 bits per heavy atom. The molecule has 0 radical (unpaired) electrons. The Labute approximate surface area is 127 Å². The van der Waals surface area contributed by atoms with Gasteiger partial charge in [0.05, 0.1) is 22.1 Å². The third kappa shape index (κ3) is 4.63. The number of rotatable bonds is 6. The molecule has 5 nitrogen and oxygen atoms in total. The molecule has 0 N–H and O–H groups in total. The molecule has 112 valence electrons. The molecule has 0 bridgehead atoms. The lowest BCUT2D eigenvalue weighted by Gasteiger charge is -2.18. The molecule has 1 aromatic rings. The maximum absolute atomic E-state index is 12.2. The molecule has 0 aliphatic carbocycles. The van der Waals surface area contributed by atoms with Crippen LogP contribution in [-0.2, 0) is 13.8 Å². The highest BCUT2D eigenvalue weighted by Crippen LogP contribution is 2.23. The van der Waals surface area contributed by atoms with Crippen molar-refractivity contribution < 1.29 is 17.9 Å². The van der Waals surface area contributed by atoms with Gasteiger partial charge in [0, 0.05) is 30.9 Å². The van der Waals surface area contributed by atoms with Crippen molar-refractivity contribution in [2.75, 3.05) is 26.8 Å². The first kappa shape index (κ1) is 17.2. The Morgan fingerprint density at radius 3 is 2.60 bits per heavy atom. The molecule has 8 heteroatoms. The summed E-state index contributed by atoms with van der Waals surface area (Å²) in [5.41, 5.74) is 0.0902. The molecule has 1 rings (SSSR count). The molecular formula is C12H15Cl2NO4S. The van der Waals surface area contributed by atoms with Crippen LogP contribution in [0, 0.1) is 0 Å². The number of carbonyl (C=O) groups is 1. The van der Waals surface area contributed by atoms with Gasteiger partial charge in [-0.3, -0.25) is 4.79 Å². The first-order chi connectivity index (χ1) is 9.27. The number of benzene rings is 1. The lowest BCUT2D eigenvalue weighted by molar-refractivity contribution is 0.0710. The van der Waals surface area contributed by atoms with Crippen LogP contribution in [0.1, 0.15) is 17.3 Å². The van der Waals surface area contributed by atoms with E-state index in [2.05, 4.69) is 0 Å². The summed E-state index contributed by atoms with van der Waals surface area (Å²) in [4.78, 5) is 13.4. The van der Waals surface area contributed by atoms with E-state index >= 15 is 0 Å².